The summed E-state index contributed by atoms with van der Waals surface area (Å²) in [5.41, 5.74) is 5.45. The van der Waals surface area contributed by atoms with Gasteiger partial charge in [-0.3, -0.25) is 4.90 Å². The van der Waals surface area contributed by atoms with E-state index >= 15 is 0 Å². The van der Waals surface area contributed by atoms with Crippen LogP contribution < -0.4 is 10.6 Å². The largest absolute Gasteiger partial charge is 0.444 e. The molecule has 2 atom stereocenters. The van der Waals surface area contributed by atoms with Crippen molar-refractivity contribution in [2.45, 2.75) is 57.7 Å². The van der Waals surface area contributed by atoms with Crippen LogP contribution in [0.4, 0.5) is 19.3 Å². The molecule has 3 rings (SSSR count). The molecule has 0 radical (unpaired) electrons. The van der Waals surface area contributed by atoms with Crippen molar-refractivity contribution < 1.29 is 18.3 Å². The lowest BCUT2D eigenvalue weighted by atomic mass is 10.1. The van der Waals surface area contributed by atoms with Gasteiger partial charge in [-0.2, -0.15) is 0 Å². The second-order valence-electron chi connectivity index (χ2n) is 8.12. The Kier molecular flexibility index (Phi) is 5.10. The van der Waals surface area contributed by atoms with Crippen molar-refractivity contribution in [1.29, 1.82) is 0 Å². The van der Waals surface area contributed by atoms with Crippen LogP contribution in [-0.4, -0.2) is 48.3 Å². The molecule has 2 aliphatic rings. The van der Waals surface area contributed by atoms with E-state index in [1.807, 2.05) is 20.8 Å². The van der Waals surface area contributed by atoms with Crippen molar-refractivity contribution in [1.82, 2.24) is 4.90 Å². The van der Waals surface area contributed by atoms with Crippen LogP contribution in [0, 0.1) is 11.6 Å². The molecule has 2 bridgehead atoms. The highest BCUT2D eigenvalue weighted by Crippen LogP contribution is 2.36. The fourth-order valence-corrected chi connectivity index (χ4v) is 3.93. The molecular formula is C19H27F2N3O2. The minimum Gasteiger partial charge on any atom is -0.444 e. The van der Waals surface area contributed by atoms with Crippen LogP contribution in [-0.2, 0) is 11.2 Å². The zero-order valence-electron chi connectivity index (χ0n) is 15.6. The number of halogens is 2. The first-order valence-corrected chi connectivity index (χ1v) is 9.14. The maximum atomic E-state index is 14.5. The molecule has 1 aromatic rings. The highest BCUT2D eigenvalue weighted by atomic mass is 19.1. The molecule has 144 valence electrons. The van der Waals surface area contributed by atoms with E-state index in [0.29, 0.717) is 31.6 Å². The van der Waals surface area contributed by atoms with E-state index < -0.39 is 17.2 Å². The summed E-state index contributed by atoms with van der Waals surface area (Å²) < 4.78 is 34.6. The van der Waals surface area contributed by atoms with Crippen LogP contribution in [0.1, 0.15) is 39.2 Å². The number of nitrogens with two attached hydrogens (primary N) is 1. The molecule has 2 heterocycles. The van der Waals surface area contributed by atoms with Gasteiger partial charge in [0.05, 0.1) is 12.1 Å². The van der Waals surface area contributed by atoms with Gasteiger partial charge in [0.25, 0.3) is 0 Å². The van der Waals surface area contributed by atoms with Crippen molar-refractivity contribution in [3.63, 3.8) is 0 Å². The van der Waals surface area contributed by atoms with E-state index in [9.17, 15) is 13.6 Å². The summed E-state index contributed by atoms with van der Waals surface area (Å²) in [5, 5.41) is 0. The Hall–Kier alpha value is -1.89. The van der Waals surface area contributed by atoms with Gasteiger partial charge in [-0.1, -0.05) is 0 Å². The number of anilines is 1. The van der Waals surface area contributed by atoms with Gasteiger partial charge in [0, 0.05) is 13.1 Å². The van der Waals surface area contributed by atoms with Gasteiger partial charge < -0.3 is 15.4 Å². The van der Waals surface area contributed by atoms with Crippen molar-refractivity contribution in [2.75, 3.05) is 24.5 Å². The van der Waals surface area contributed by atoms with Crippen molar-refractivity contribution in [2.24, 2.45) is 5.73 Å². The van der Waals surface area contributed by atoms with Gasteiger partial charge in [-0.15, -0.1) is 0 Å². The number of benzene rings is 1. The van der Waals surface area contributed by atoms with Crippen LogP contribution in [0.15, 0.2) is 12.1 Å². The number of piperazine rings is 1. The Morgan fingerprint density at radius 1 is 1.19 bits per heavy atom. The monoisotopic (exact) mass is 367 g/mol. The van der Waals surface area contributed by atoms with E-state index in [1.165, 1.54) is 12.1 Å². The average molecular weight is 367 g/mol. The molecule has 1 amide bonds. The molecule has 7 heteroatoms. The zero-order valence-corrected chi connectivity index (χ0v) is 15.6. The van der Waals surface area contributed by atoms with Crippen LogP contribution in [0.5, 0.6) is 0 Å². The van der Waals surface area contributed by atoms with Crippen LogP contribution in [0.25, 0.3) is 0 Å². The fourth-order valence-electron chi connectivity index (χ4n) is 3.93. The van der Waals surface area contributed by atoms with Gasteiger partial charge in [0.1, 0.15) is 22.9 Å². The highest BCUT2D eigenvalue weighted by Gasteiger charge is 2.45. The van der Waals surface area contributed by atoms with Crippen LogP contribution in [0.2, 0.25) is 0 Å². The number of rotatable bonds is 3. The molecule has 2 N–H and O–H groups in total. The van der Waals surface area contributed by atoms with E-state index in [-0.39, 0.29) is 23.9 Å². The molecule has 0 saturated carbocycles. The Bertz CT molecular complexity index is 653. The summed E-state index contributed by atoms with van der Waals surface area (Å²) in [6.07, 6.45) is 1.72. The molecule has 2 saturated heterocycles. The van der Waals surface area contributed by atoms with Gasteiger partial charge in [-0.05, 0) is 64.3 Å². The van der Waals surface area contributed by atoms with Crippen molar-refractivity contribution in [3.05, 3.63) is 29.3 Å². The molecule has 2 fully saturated rings. The molecule has 5 nitrogen and oxygen atoms in total. The maximum Gasteiger partial charge on any atom is 0.410 e. The Morgan fingerprint density at radius 2 is 1.73 bits per heavy atom. The third-order valence-corrected chi connectivity index (χ3v) is 4.91. The topological polar surface area (TPSA) is 58.8 Å². The Morgan fingerprint density at radius 3 is 2.19 bits per heavy atom. The summed E-state index contributed by atoms with van der Waals surface area (Å²) in [4.78, 5) is 16.0. The number of ether oxygens (including phenoxy) is 1. The molecule has 0 aliphatic carbocycles. The summed E-state index contributed by atoms with van der Waals surface area (Å²) in [6.45, 7) is 6.64. The Labute approximate surface area is 153 Å². The lowest BCUT2D eigenvalue weighted by Crippen LogP contribution is -2.57. The normalized spacial score (nSPS) is 22.7. The SMILES string of the molecule is CC(C)(C)OC(=O)N1C2CCC1CN(c1c(F)cc(CCN)cc1F)C2. The Balaban J connectivity index is 1.78. The number of carbonyl (C=O) groups excluding carboxylic acids is 1. The number of fused-ring (bicyclic) bond motifs is 2. The highest BCUT2D eigenvalue weighted by molar-refractivity contribution is 5.70. The van der Waals surface area contributed by atoms with E-state index in [4.69, 9.17) is 10.5 Å². The molecule has 1 aromatic carbocycles. The first-order chi connectivity index (χ1) is 12.2. The quantitative estimate of drug-likeness (QED) is 0.892. The van der Waals surface area contributed by atoms with Gasteiger partial charge >= 0.3 is 6.09 Å². The predicted molar refractivity (Wildman–Crippen MR) is 96.2 cm³/mol. The zero-order chi connectivity index (χ0) is 19.1. The predicted octanol–water partition coefficient (Wildman–Crippen LogP) is 3.05. The number of hydrogen-bond acceptors (Lipinski definition) is 4. The fraction of sp³-hybridized carbons (Fsp3) is 0.632. The van der Waals surface area contributed by atoms with E-state index in [0.717, 1.165) is 12.8 Å². The lowest BCUT2D eigenvalue weighted by molar-refractivity contribution is 0.0122. The summed E-state index contributed by atoms with van der Waals surface area (Å²) in [7, 11) is 0. The molecule has 0 spiro atoms. The van der Waals surface area contributed by atoms with E-state index in [2.05, 4.69) is 0 Å². The number of nitrogens with zero attached hydrogens (tertiary/aromatic N) is 2. The van der Waals surface area contributed by atoms with Gasteiger partial charge in [0.2, 0.25) is 0 Å². The third kappa shape index (κ3) is 3.77. The summed E-state index contributed by atoms with van der Waals surface area (Å²) in [6, 6.07) is 2.53. The van der Waals surface area contributed by atoms with E-state index in [1.54, 1.807) is 9.80 Å². The second kappa shape index (κ2) is 7.02. The molecule has 2 aliphatic heterocycles. The molecule has 0 aromatic heterocycles. The number of amides is 1. The van der Waals surface area contributed by atoms with Crippen molar-refractivity contribution in [3.8, 4) is 0 Å². The summed E-state index contributed by atoms with van der Waals surface area (Å²) >= 11 is 0. The third-order valence-electron chi connectivity index (χ3n) is 4.91. The van der Waals surface area contributed by atoms with Gasteiger partial charge in [-0.25, -0.2) is 13.6 Å². The van der Waals surface area contributed by atoms with Crippen LogP contribution in [0.3, 0.4) is 0 Å². The lowest BCUT2D eigenvalue weighted by Gasteiger charge is -2.42. The number of carbonyl (C=O) groups is 1. The smallest absolute Gasteiger partial charge is 0.410 e. The minimum absolute atomic E-state index is 0.00786. The minimum atomic E-state index is -0.571. The second-order valence-corrected chi connectivity index (χ2v) is 8.12. The molecule has 2 unspecified atom stereocenters. The first-order valence-electron chi connectivity index (χ1n) is 9.14. The maximum absolute atomic E-state index is 14.5. The molecular weight excluding hydrogens is 340 g/mol. The average Bonchev–Trinajstić information content (AvgIpc) is 2.76. The standard InChI is InChI=1S/C19H27F2N3O2/c1-19(2,3)26-18(25)24-13-4-5-14(24)11-23(10-13)17-15(20)8-12(6-7-22)9-16(17)21/h8-9,13-14H,4-7,10-11,22H2,1-3H3. The summed E-state index contributed by atoms with van der Waals surface area (Å²) in [5.74, 6) is -1.14. The first kappa shape index (κ1) is 18.9. The van der Waals surface area contributed by atoms with Crippen molar-refractivity contribution >= 4 is 11.8 Å². The van der Waals surface area contributed by atoms with Crippen LogP contribution >= 0.6 is 0 Å². The molecule has 26 heavy (non-hydrogen) atoms. The van der Waals surface area contributed by atoms with Gasteiger partial charge in [0.15, 0.2) is 0 Å². The number of hydrogen-bond donors (Lipinski definition) is 1.